The molecule has 1 rings (SSSR count). The fraction of sp³-hybridized carbons (Fsp3) is 0.846. The summed E-state index contributed by atoms with van der Waals surface area (Å²) in [6, 6.07) is -0.827. The van der Waals surface area contributed by atoms with E-state index in [9.17, 15) is 9.59 Å². The molecular weight excluding hydrogens is 216 g/mol. The maximum atomic E-state index is 12.3. The van der Waals surface area contributed by atoms with Crippen LogP contribution in [0, 0.1) is 10.8 Å². The predicted molar refractivity (Wildman–Crippen MR) is 67.4 cm³/mol. The van der Waals surface area contributed by atoms with Crippen LogP contribution in [0.4, 0.5) is 0 Å². The molecule has 1 aliphatic heterocycles. The van der Waals surface area contributed by atoms with Gasteiger partial charge in [-0.25, -0.2) is 0 Å². The molecule has 1 heterocycles. The highest BCUT2D eigenvalue weighted by Gasteiger charge is 2.47. The number of carbonyl (C=O) groups excluding carboxylic acids is 2. The Kier molecular flexibility index (Phi) is 3.29. The van der Waals surface area contributed by atoms with Gasteiger partial charge in [0.05, 0.1) is 0 Å². The lowest BCUT2D eigenvalue weighted by Crippen LogP contribution is -2.68. The molecular formula is C13H24N2O2. The van der Waals surface area contributed by atoms with Crippen molar-refractivity contribution in [3.8, 4) is 0 Å². The molecule has 0 aromatic heterocycles. The van der Waals surface area contributed by atoms with Crippen LogP contribution < -0.4 is 5.32 Å². The molecule has 0 aromatic rings. The molecule has 1 N–H and O–H groups in total. The molecule has 4 nitrogen and oxygen atoms in total. The Morgan fingerprint density at radius 1 is 1.00 bits per heavy atom. The number of piperazine rings is 1. The van der Waals surface area contributed by atoms with Gasteiger partial charge in [-0.05, 0) is 10.8 Å². The molecule has 0 spiro atoms. The molecule has 2 unspecified atom stereocenters. The number of hydrogen-bond acceptors (Lipinski definition) is 2. The second-order valence-electron chi connectivity index (χ2n) is 7.03. The average molecular weight is 240 g/mol. The van der Waals surface area contributed by atoms with Gasteiger partial charge in [-0.15, -0.1) is 0 Å². The second-order valence-corrected chi connectivity index (χ2v) is 7.03. The minimum atomic E-state index is -0.432. The first kappa shape index (κ1) is 14.0. The SMILES string of the molecule is CN1C(=O)C(C(C)(C)C)NC(=O)C1C(C)(C)C. The van der Waals surface area contributed by atoms with E-state index in [1.54, 1.807) is 11.9 Å². The minimum Gasteiger partial charge on any atom is -0.342 e. The van der Waals surface area contributed by atoms with Crippen molar-refractivity contribution in [2.24, 2.45) is 10.8 Å². The van der Waals surface area contributed by atoms with E-state index in [4.69, 9.17) is 0 Å². The van der Waals surface area contributed by atoms with Crippen molar-refractivity contribution in [3.63, 3.8) is 0 Å². The third kappa shape index (κ3) is 2.61. The number of carbonyl (C=O) groups is 2. The number of nitrogens with zero attached hydrogens (tertiary/aromatic N) is 1. The van der Waals surface area contributed by atoms with Crippen molar-refractivity contribution < 1.29 is 9.59 Å². The van der Waals surface area contributed by atoms with Gasteiger partial charge in [0.25, 0.3) is 0 Å². The van der Waals surface area contributed by atoms with E-state index in [2.05, 4.69) is 5.32 Å². The second kappa shape index (κ2) is 4.00. The van der Waals surface area contributed by atoms with Crippen molar-refractivity contribution in [3.05, 3.63) is 0 Å². The van der Waals surface area contributed by atoms with Crippen LogP contribution in [-0.4, -0.2) is 35.8 Å². The molecule has 17 heavy (non-hydrogen) atoms. The maximum absolute atomic E-state index is 12.3. The Morgan fingerprint density at radius 3 is 1.82 bits per heavy atom. The Labute approximate surface area is 104 Å². The summed E-state index contributed by atoms with van der Waals surface area (Å²) in [6.45, 7) is 11.8. The third-order valence-electron chi connectivity index (χ3n) is 3.20. The van der Waals surface area contributed by atoms with Gasteiger partial charge < -0.3 is 10.2 Å². The topological polar surface area (TPSA) is 49.4 Å². The highest BCUT2D eigenvalue weighted by atomic mass is 16.2. The lowest BCUT2D eigenvalue weighted by atomic mass is 9.79. The molecule has 0 radical (unpaired) electrons. The van der Waals surface area contributed by atoms with Crippen LogP contribution in [0.2, 0.25) is 0 Å². The number of hydrogen-bond donors (Lipinski definition) is 1. The summed E-state index contributed by atoms with van der Waals surface area (Å²) in [4.78, 5) is 26.0. The highest BCUT2D eigenvalue weighted by Crippen LogP contribution is 2.30. The van der Waals surface area contributed by atoms with E-state index >= 15 is 0 Å². The van der Waals surface area contributed by atoms with Crippen LogP contribution in [0.5, 0.6) is 0 Å². The van der Waals surface area contributed by atoms with Gasteiger partial charge in [-0.2, -0.15) is 0 Å². The first-order valence-electron chi connectivity index (χ1n) is 6.03. The Bertz CT molecular complexity index is 336. The van der Waals surface area contributed by atoms with Crippen molar-refractivity contribution >= 4 is 11.8 Å². The van der Waals surface area contributed by atoms with Gasteiger partial charge in [0.2, 0.25) is 11.8 Å². The fourth-order valence-electron chi connectivity index (χ4n) is 2.35. The number of nitrogens with one attached hydrogen (secondary N) is 1. The van der Waals surface area contributed by atoms with Crippen LogP contribution in [-0.2, 0) is 9.59 Å². The van der Waals surface area contributed by atoms with Crippen molar-refractivity contribution in [2.75, 3.05) is 7.05 Å². The molecule has 1 saturated heterocycles. The summed E-state index contributed by atoms with van der Waals surface area (Å²) in [5.74, 6) is -0.0587. The zero-order chi connectivity index (χ0) is 13.6. The summed E-state index contributed by atoms with van der Waals surface area (Å²) in [7, 11) is 1.72. The summed E-state index contributed by atoms with van der Waals surface area (Å²) in [6.07, 6.45) is 0. The molecule has 0 saturated carbocycles. The van der Waals surface area contributed by atoms with Crippen LogP contribution >= 0.6 is 0 Å². The van der Waals surface area contributed by atoms with Crippen molar-refractivity contribution in [1.29, 1.82) is 0 Å². The largest absolute Gasteiger partial charge is 0.342 e. The van der Waals surface area contributed by atoms with E-state index < -0.39 is 12.1 Å². The van der Waals surface area contributed by atoms with E-state index in [1.807, 2.05) is 41.5 Å². The Hall–Kier alpha value is -1.06. The minimum absolute atomic E-state index is 0.00275. The standard InChI is InChI=1S/C13H24N2O2/c1-12(2,3)8-11(17)15(7)9(10(16)14-8)13(4,5)6/h8-9H,1-7H3,(H,14,16). The zero-order valence-corrected chi connectivity index (χ0v) is 11.9. The number of amides is 2. The number of rotatable bonds is 0. The lowest BCUT2D eigenvalue weighted by molar-refractivity contribution is -0.154. The average Bonchev–Trinajstić information content (AvgIpc) is 2.07. The predicted octanol–water partition coefficient (Wildman–Crippen LogP) is 1.40. The van der Waals surface area contributed by atoms with E-state index in [0.717, 1.165) is 0 Å². The molecule has 1 aliphatic rings. The summed E-state index contributed by atoms with van der Waals surface area (Å²) >= 11 is 0. The van der Waals surface area contributed by atoms with Crippen LogP contribution in [0.15, 0.2) is 0 Å². The monoisotopic (exact) mass is 240 g/mol. The van der Waals surface area contributed by atoms with E-state index in [0.29, 0.717) is 0 Å². The summed E-state index contributed by atoms with van der Waals surface area (Å²) in [5.41, 5.74) is -0.513. The normalized spacial score (nSPS) is 27.1. The summed E-state index contributed by atoms with van der Waals surface area (Å²) < 4.78 is 0. The molecule has 0 aromatic carbocycles. The molecule has 1 fully saturated rings. The van der Waals surface area contributed by atoms with Crippen LogP contribution in [0.1, 0.15) is 41.5 Å². The van der Waals surface area contributed by atoms with Crippen molar-refractivity contribution in [1.82, 2.24) is 10.2 Å². The van der Waals surface area contributed by atoms with Gasteiger partial charge in [0.15, 0.2) is 0 Å². The number of likely N-dealkylation sites (N-methyl/N-ethyl adjacent to an activating group) is 1. The van der Waals surface area contributed by atoms with Gasteiger partial charge in [-0.3, -0.25) is 9.59 Å². The van der Waals surface area contributed by atoms with Crippen LogP contribution in [0.25, 0.3) is 0 Å². The van der Waals surface area contributed by atoms with Gasteiger partial charge >= 0.3 is 0 Å². The Morgan fingerprint density at radius 2 is 1.47 bits per heavy atom. The quantitative estimate of drug-likeness (QED) is 0.696. The third-order valence-corrected chi connectivity index (χ3v) is 3.20. The maximum Gasteiger partial charge on any atom is 0.246 e. The van der Waals surface area contributed by atoms with Gasteiger partial charge in [0, 0.05) is 7.05 Å². The fourth-order valence-corrected chi connectivity index (χ4v) is 2.35. The molecule has 0 aliphatic carbocycles. The first-order valence-corrected chi connectivity index (χ1v) is 6.03. The first-order chi connectivity index (χ1) is 7.46. The van der Waals surface area contributed by atoms with Gasteiger partial charge in [-0.1, -0.05) is 41.5 Å². The molecule has 0 bridgehead atoms. The van der Waals surface area contributed by atoms with E-state index in [1.165, 1.54) is 0 Å². The molecule has 4 heteroatoms. The Balaban J connectivity index is 3.05. The molecule has 2 amide bonds. The molecule has 98 valence electrons. The van der Waals surface area contributed by atoms with Crippen LogP contribution in [0.3, 0.4) is 0 Å². The van der Waals surface area contributed by atoms with Gasteiger partial charge in [0.1, 0.15) is 12.1 Å². The van der Waals surface area contributed by atoms with Crippen molar-refractivity contribution in [2.45, 2.75) is 53.6 Å². The smallest absolute Gasteiger partial charge is 0.246 e. The highest BCUT2D eigenvalue weighted by molar-refractivity contribution is 5.97. The lowest BCUT2D eigenvalue weighted by Gasteiger charge is -2.46. The van der Waals surface area contributed by atoms with E-state index in [-0.39, 0.29) is 22.6 Å². The molecule has 2 atom stereocenters. The summed E-state index contributed by atoms with van der Waals surface area (Å²) in [5, 5.41) is 2.86. The zero-order valence-electron chi connectivity index (χ0n) is 11.9.